The lowest BCUT2D eigenvalue weighted by Gasteiger charge is -2.34. The van der Waals surface area contributed by atoms with Crippen LogP contribution in [0.15, 0.2) is 42.5 Å². The van der Waals surface area contributed by atoms with Crippen LogP contribution in [0.1, 0.15) is 19.8 Å². The summed E-state index contributed by atoms with van der Waals surface area (Å²) in [5.74, 6) is 0.343. The molecular weight excluding hydrogens is 425 g/mol. The van der Waals surface area contributed by atoms with Gasteiger partial charge in [-0.05, 0) is 63.2 Å². The molecule has 1 atom stereocenters. The number of nitrogens with one attached hydrogen (secondary N) is 2. The number of amides is 2. The molecule has 2 N–H and O–H groups in total. The van der Waals surface area contributed by atoms with Crippen molar-refractivity contribution >= 4 is 46.4 Å². The van der Waals surface area contributed by atoms with Crippen LogP contribution in [0.3, 0.4) is 0 Å². The number of halogens is 2. The summed E-state index contributed by atoms with van der Waals surface area (Å²) in [6.07, 6.45) is 1.35. The Hall–Kier alpha value is -2.28. The smallest absolute Gasteiger partial charge is 0.241 e. The first-order valence-electron chi connectivity index (χ1n) is 9.83. The highest BCUT2D eigenvalue weighted by Crippen LogP contribution is 2.28. The topological polar surface area (TPSA) is 70.7 Å². The third-order valence-corrected chi connectivity index (χ3v) is 5.94. The normalized spacial score (nSPS) is 16.0. The molecular formula is C22H25Cl2N3O3. The maximum atomic E-state index is 12.7. The van der Waals surface area contributed by atoms with Gasteiger partial charge in [0.2, 0.25) is 11.8 Å². The summed E-state index contributed by atoms with van der Waals surface area (Å²) in [6, 6.07) is 11.9. The Morgan fingerprint density at radius 1 is 1.07 bits per heavy atom. The molecule has 160 valence electrons. The van der Waals surface area contributed by atoms with Crippen molar-refractivity contribution in [1.82, 2.24) is 4.90 Å². The number of anilines is 2. The van der Waals surface area contributed by atoms with Crippen molar-refractivity contribution in [2.24, 2.45) is 5.92 Å². The van der Waals surface area contributed by atoms with Gasteiger partial charge in [-0.25, -0.2) is 0 Å². The zero-order valence-electron chi connectivity index (χ0n) is 17.0. The average Bonchev–Trinajstić information content (AvgIpc) is 2.76. The van der Waals surface area contributed by atoms with Gasteiger partial charge in [0, 0.05) is 10.9 Å². The van der Waals surface area contributed by atoms with Crippen molar-refractivity contribution in [3.8, 4) is 5.75 Å². The second kappa shape index (κ2) is 10.2. The third kappa shape index (κ3) is 5.45. The van der Waals surface area contributed by atoms with Crippen molar-refractivity contribution in [2.75, 3.05) is 30.8 Å². The molecule has 1 saturated heterocycles. The summed E-state index contributed by atoms with van der Waals surface area (Å²) in [7, 11) is 1.58. The average molecular weight is 450 g/mol. The lowest BCUT2D eigenvalue weighted by atomic mass is 9.94. The summed E-state index contributed by atoms with van der Waals surface area (Å²) in [6.45, 7) is 3.16. The molecule has 0 radical (unpaired) electrons. The van der Waals surface area contributed by atoms with Gasteiger partial charge < -0.3 is 15.4 Å². The Bertz CT molecular complexity index is 914. The largest absolute Gasteiger partial charge is 0.495 e. The fourth-order valence-corrected chi connectivity index (χ4v) is 3.86. The Balaban J connectivity index is 1.53. The summed E-state index contributed by atoms with van der Waals surface area (Å²) < 4.78 is 5.29. The van der Waals surface area contributed by atoms with Gasteiger partial charge in [-0.15, -0.1) is 0 Å². The highest BCUT2D eigenvalue weighted by atomic mass is 35.5. The van der Waals surface area contributed by atoms with Crippen LogP contribution in [0.5, 0.6) is 5.75 Å². The minimum atomic E-state index is -0.349. The number of benzene rings is 2. The van der Waals surface area contributed by atoms with E-state index < -0.39 is 0 Å². The molecule has 3 rings (SSSR count). The molecule has 2 amide bonds. The molecule has 2 aromatic carbocycles. The number of likely N-dealkylation sites (tertiary alicyclic amines) is 1. The van der Waals surface area contributed by atoms with Gasteiger partial charge >= 0.3 is 0 Å². The minimum absolute atomic E-state index is 0.0260. The number of piperidine rings is 1. The number of nitrogens with zero attached hydrogens (tertiary/aromatic N) is 1. The van der Waals surface area contributed by atoms with Crippen molar-refractivity contribution in [1.29, 1.82) is 0 Å². The van der Waals surface area contributed by atoms with E-state index in [1.807, 2.05) is 31.2 Å². The van der Waals surface area contributed by atoms with Crippen LogP contribution in [0, 0.1) is 5.92 Å². The standard InChI is InChI=1S/C22H25Cl2N3O3/c1-14(21(28)26-19-13-16(23)7-8-17(19)24)27-11-9-15(10-12-27)22(29)25-18-5-3-4-6-20(18)30-2/h3-8,13-15H,9-12H2,1-2H3,(H,25,29)(H,26,28). The monoisotopic (exact) mass is 449 g/mol. The van der Waals surface area contributed by atoms with Crippen molar-refractivity contribution in [3.63, 3.8) is 0 Å². The van der Waals surface area contributed by atoms with Gasteiger partial charge in [0.25, 0.3) is 0 Å². The summed E-state index contributed by atoms with van der Waals surface area (Å²) in [4.78, 5) is 27.4. The summed E-state index contributed by atoms with van der Waals surface area (Å²) in [5, 5.41) is 6.73. The zero-order chi connectivity index (χ0) is 21.7. The third-order valence-electron chi connectivity index (χ3n) is 5.38. The highest BCUT2D eigenvalue weighted by molar-refractivity contribution is 6.35. The Labute approximate surface area is 186 Å². The molecule has 0 saturated carbocycles. The van der Waals surface area contributed by atoms with Crippen LogP contribution in [-0.4, -0.2) is 43.0 Å². The van der Waals surface area contributed by atoms with E-state index >= 15 is 0 Å². The SMILES string of the molecule is COc1ccccc1NC(=O)C1CCN(C(C)C(=O)Nc2cc(Cl)ccc2Cl)CC1. The molecule has 1 aliphatic rings. The van der Waals surface area contributed by atoms with Gasteiger partial charge in [-0.3, -0.25) is 14.5 Å². The second-order valence-electron chi connectivity index (χ2n) is 7.29. The predicted molar refractivity (Wildman–Crippen MR) is 120 cm³/mol. The number of para-hydroxylation sites is 2. The first-order chi connectivity index (χ1) is 14.4. The summed E-state index contributed by atoms with van der Waals surface area (Å²) >= 11 is 12.1. The first kappa shape index (κ1) is 22.4. The molecule has 1 unspecified atom stereocenters. The van der Waals surface area contributed by atoms with Crippen molar-refractivity contribution in [3.05, 3.63) is 52.5 Å². The lowest BCUT2D eigenvalue weighted by Crippen LogP contribution is -2.47. The Morgan fingerprint density at radius 2 is 1.77 bits per heavy atom. The molecule has 6 nitrogen and oxygen atoms in total. The van der Waals surface area contributed by atoms with E-state index in [1.165, 1.54) is 0 Å². The van der Waals surface area contributed by atoms with E-state index in [4.69, 9.17) is 27.9 Å². The van der Waals surface area contributed by atoms with E-state index in [0.29, 0.717) is 53.1 Å². The maximum absolute atomic E-state index is 12.7. The predicted octanol–water partition coefficient (Wildman–Crippen LogP) is 4.68. The number of rotatable bonds is 6. The number of ether oxygens (including phenoxy) is 1. The number of carbonyl (C=O) groups excluding carboxylic acids is 2. The van der Waals surface area contributed by atoms with E-state index in [2.05, 4.69) is 15.5 Å². The molecule has 1 aliphatic heterocycles. The van der Waals surface area contributed by atoms with Crippen LogP contribution in [0.4, 0.5) is 11.4 Å². The van der Waals surface area contributed by atoms with E-state index in [9.17, 15) is 9.59 Å². The number of hydrogen-bond acceptors (Lipinski definition) is 4. The number of methoxy groups -OCH3 is 1. The molecule has 1 fully saturated rings. The Morgan fingerprint density at radius 3 is 2.47 bits per heavy atom. The molecule has 0 spiro atoms. The Kier molecular flexibility index (Phi) is 7.58. The van der Waals surface area contributed by atoms with Crippen LogP contribution in [-0.2, 0) is 9.59 Å². The second-order valence-corrected chi connectivity index (χ2v) is 8.13. The molecule has 0 aliphatic carbocycles. The van der Waals surface area contributed by atoms with Crippen LogP contribution >= 0.6 is 23.2 Å². The molecule has 0 aromatic heterocycles. The minimum Gasteiger partial charge on any atom is -0.495 e. The lowest BCUT2D eigenvalue weighted by molar-refractivity contribution is -0.123. The van der Waals surface area contributed by atoms with Gasteiger partial charge in [0.1, 0.15) is 5.75 Å². The molecule has 1 heterocycles. The van der Waals surface area contributed by atoms with Gasteiger partial charge in [0.15, 0.2) is 0 Å². The quantitative estimate of drug-likeness (QED) is 0.671. The summed E-state index contributed by atoms with van der Waals surface area (Å²) in [5.41, 5.74) is 1.16. The number of hydrogen-bond donors (Lipinski definition) is 2. The van der Waals surface area contributed by atoms with Gasteiger partial charge in [-0.1, -0.05) is 35.3 Å². The van der Waals surface area contributed by atoms with Crippen LogP contribution in [0.25, 0.3) is 0 Å². The van der Waals surface area contributed by atoms with E-state index in [-0.39, 0.29) is 23.8 Å². The number of carbonyl (C=O) groups is 2. The van der Waals surface area contributed by atoms with Crippen molar-refractivity contribution in [2.45, 2.75) is 25.8 Å². The van der Waals surface area contributed by atoms with Crippen molar-refractivity contribution < 1.29 is 14.3 Å². The molecule has 0 bridgehead atoms. The fraction of sp³-hybridized carbons (Fsp3) is 0.364. The van der Waals surface area contributed by atoms with E-state index in [1.54, 1.807) is 25.3 Å². The molecule has 2 aromatic rings. The molecule has 30 heavy (non-hydrogen) atoms. The zero-order valence-corrected chi connectivity index (χ0v) is 18.5. The van der Waals surface area contributed by atoms with Crippen LogP contribution < -0.4 is 15.4 Å². The maximum Gasteiger partial charge on any atom is 0.241 e. The molecule has 8 heteroatoms. The van der Waals surface area contributed by atoms with E-state index in [0.717, 1.165) is 0 Å². The van der Waals surface area contributed by atoms with Gasteiger partial charge in [-0.2, -0.15) is 0 Å². The fourth-order valence-electron chi connectivity index (χ4n) is 3.53. The van der Waals surface area contributed by atoms with Gasteiger partial charge in [0.05, 0.1) is 29.5 Å². The highest BCUT2D eigenvalue weighted by Gasteiger charge is 2.30. The van der Waals surface area contributed by atoms with Crippen LogP contribution in [0.2, 0.25) is 10.0 Å². The first-order valence-corrected chi connectivity index (χ1v) is 10.6.